The summed E-state index contributed by atoms with van der Waals surface area (Å²) in [5, 5.41) is 0. The second kappa shape index (κ2) is 6.79. The molecule has 0 aliphatic rings. The number of likely N-dealkylation sites (N-methyl/N-ethyl adjacent to an activating group) is 1. The number of anilines is 2. The number of carbonyl (C=O) groups is 1. The highest BCUT2D eigenvalue weighted by Gasteiger charge is 2.12. The largest absolute Gasteiger partial charge is 0.482 e. The van der Waals surface area contributed by atoms with Gasteiger partial charge >= 0.3 is 0 Å². The number of carbonyl (C=O) groups excluding carboxylic acids is 1. The van der Waals surface area contributed by atoms with Gasteiger partial charge in [0.15, 0.2) is 6.61 Å². The molecule has 0 unspecified atom stereocenters. The number of nitrogens with zero attached hydrogens (tertiary/aromatic N) is 1. The van der Waals surface area contributed by atoms with Crippen molar-refractivity contribution in [1.82, 2.24) is 0 Å². The molecule has 0 aliphatic carbocycles. The summed E-state index contributed by atoms with van der Waals surface area (Å²) < 4.78 is 5.47. The Balaban J connectivity index is 1.97. The van der Waals surface area contributed by atoms with Crippen LogP contribution >= 0.6 is 0 Å². The van der Waals surface area contributed by atoms with Crippen LogP contribution in [0.25, 0.3) is 0 Å². The molecule has 21 heavy (non-hydrogen) atoms. The van der Waals surface area contributed by atoms with Crippen LogP contribution in [0.4, 0.5) is 11.4 Å². The van der Waals surface area contributed by atoms with E-state index >= 15 is 0 Å². The molecule has 0 saturated heterocycles. The van der Waals surface area contributed by atoms with Gasteiger partial charge in [-0.05, 0) is 36.2 Å². The predicted molar refractivity (Wildman–Crippen MR) is 85.6 cm³/mol. The first-order valence-corrected chi connectivity index (χ1v) is 6.94. The minimum atomic E-state index is -0.123. The summed E-state index contributed by atoms with van der Waals surface area (Å²) in [6, 6.07) is 15.1. The third-order valence-corrected chi connectivity index (χ3v) is 3.38. The molecule has 0 radical (unpaired) electrons. The number of hydrogen-bond acceptors (Lipinski definition) is 3. The van der Waals surface area contributed by atoms with Crippen LogP contribution in [0.3, 0.4) is 0 Å². The van der Waals surface area contributed by atoms with E-state index in [1.807, 2.05) is 36.4 Å². The van der Waals surface area contributed by atoms with E-state index in [0.717, 1.165) is 12.1 Å². The van der Waals surface area contributed by atoms with Gasteiger partial charge in [-0.15, -0.1) is 0 Å². The monoisotopic (exact) mass is 284 g/mol. The van der Waals surface area contributed by atoms with Crippen LogP contribution in [-0.2, 0) is 11.2 Å². The minimum absolute atomic E-state index is 0.0414. The summed E-state index contributed by atoms with van der Waals surface area (Å²) in [4.78, 5) is 13.7. The molecule has 110 valence electrons. The van der Waals surface area contributed by atoms with Gasteiger partial charge in [0.05, 0.1) is 5.69 Å². The van der Waals surface area contributed by atoms with E-state index in [1.54, 1.807) is 24.1 Å². The molecule has 0 bridgehead atoms. The summed E-state index contributed by atoms with van der Waals surface area (Å²) in [5.74, 6) is 0.406. The molecule has 1 amide bonds. The maximum absolute atomic E-state index is 12.1. The average molecular weight is 284 g/mol. The van der Waals surface area contributed by atoms with E-state index in [0.29, 0.717) is 11.4 Å². The summed E-state index contributed by atoms with van der Waals surface area (Å²) in [6.45, 7) is 2.06. The zero-order chi connectivity index (χ0) is 15.2. The molecule has 2 N–H and O–H groups in total. The SMILES string of the molecule is CCc1ccc(N(C)C(=O)COc2ccccc2N)cc1. The van der Waals surface area contributed by atoms with Crippen LogP contribution in [0.2, 0.25) is 0 Å². The molecular weight excluding hydrogens is 264 g/mol. The third kappa shape index (κ3) is 3.75. The van der Waals surface area contributed by atoms with Crippen molar-refractivity contribution >= 4 is 17.3 Å². The zero-order valence-electron chi connectivity index (χ0n) is 12.4. The molecule has 0 fully saturated rings. The number of nitrogens with two attached hydrogens (primary N) is 1. The van der Waals surface area contributed by atoms with Crippen molar-refractivity contribution in [3.8, 4) is 5.75 Å². The number of benzene rings is 2. The summed E-state index contributed by atoms with van der Waals surface area (Å²) in [6.07, 6.45) is 0.980. The number of para-hydroxylation sites is 2. The highest BCUT2D eigenvalue weighted by atomic mass is 16.5. The topological polar surface area (TPSA) is 55.6 Å². The van der Waals surface area contributed by atoms with Gasteiger partial charge < -0.3 is 15.4 Å². The second-order valence-corrected chi connectivity index (χ2v) is 4.80. The Morgan fingerprint density at radius 2 is 1.81 bits per heavy atom. The number of hydrogen-bond donors (Lipinski definition) is 1. The highest BCUT2D eigenvalue weighted by Crippen LogP contribution is 2.20. The van der Waals surface area contributed by atoms with Gasteiger partial charge in [0.2, 0.25) is 0 Å². The summed E-state index contributed by atoms with van der Waals surface area (Å²) in [7, 11) is 1.74. The highest BCUT2D eigenvalue weighted by molar-refractivity contribution is 5.93. The molecule has 0 aliphatic heterocycles. The maximum Gasteiger partial charge on any atom is 0.264 e. The lowest BCUT2D eigenvalue weighted by Gasteiger charge is -2.18. The standard InChI is InChI=1S/C17H20N2O2/c1-3-13-8-10-14(11-9-13)19(2)17(20)12-21-16-7-5-4-6-15(16)18/h4-11H,3,12,18H2,1-2H3. The first kappa shape index (κ1) is 14.9. The Labute approximate surface area is 125 Å². The van der Waals surface area contributed by atoms with Gasteiger partial charge in [-0.3, -0.25) is 4.79 Å². The van der Waals surface area contributed by atoms with E-state index in [9.17, 15) is 4.79 Å². The Morgan fingerprint density at radius 1 is 1.14 bits per heavy atom. The fourth-order valence-corrected chi connectivity index (χ4v) is 1.95. The summed E-state index contributed by atoms with van der Waals surface area (Å²) >= 11 is 0. The maximum atomic E-state index is 12.1. The van der Waals surface area contributed by atoms with E-state index in [1.165, 1.54) is 5.56 Å². The summed E-state index contributed by atoms with van der Waals surface area (Å²) in [5.41, 5.74) is 8.40. The third-order valence-electron chi connectivity index (χ3n) is 3.38. The lowest BCUT2D eigenvalue weighted by molar-refractivity contribution is -0.120. The van der Waals surface area contributed by atoms with Crippen LogP contribution in [0.5, 0.6) is 5.75 Å². The Hall–Kier alpha value is -2.49. The van der Waals surface area contributed by atoms with Crippen molar-refractivity contribution in [2.45, 2.75) is 13.3 Å². The molecule has 0 saturated carbocycles. The Bertz CT molecular complexity index is 608. The zero-order valence-corrected chi connectivity index (χ0v) is 12.4. The van der Waals surface area contributed by atoms with Crippen molar-refractivity contribution in [3.63, 3.8) is 0 Å². The van der Waals surface area contributed by atoms with Crippen LogP contribution < -0.4 is 15.4 Å². The minimum Gasteiger partial charge on any atom is -0.482 e. The van der Waals surface area contributed by atoms with Gasteiger partial charge in [0.1, 0.15) is 5.75 Å². The van der Waals surface area contributed by atoms with E-state index in [4.69, 9.17) is 10.5 Å². The second-order valence-electron chi connectivity index (χ2n) is 4.80. The fourth-order valence-electron chi connectivity index (χ4n) is 1.95. The van der Waals surface area contributed by atoms with Crippen LogP contribution in [0.15, 0.2) is 48.5 Å². The molecule has 0 heterocycles. The predicted octanol–water partition coefficient (Wildman–Crippen LogP) is 2.87. The molecule has 0 spiro atoms. The van der Waals surface area contributed by atoms with Crippen molar-refractivity contribution in [1.29, 1.82) is 0 Å². The molecule has 0 atom stereocenters. The van der Waals surface area contributed by atoms with Gasteiger partial charge in [0, 0.05) is 12.7 Å². The van der Waals surface area contributed by atoms with Gasteiger partial charge in [0.25, 0.3) is 5.91 Å². The number of ether oxygens (including phenoxy) is 1. The van der Waals surface area contributed by atoms with E-state index < -0.39 is 0 Å². The van der Waals surface area contributed by atoms with Crippen molar-refractivity contribution < 1.29 is 9.53 Å². The molecule has 4 nitrogen and oxygen atoms in total. The number of nitrogen functional groups attached to an aromatic ring is 1. The van der Waals surface area contributed by atoms with Crippen molar-refractivity contribution in [2.24, 2.45) is 0 Å². The van der Waals surface area contributed by atoms with Gasteiger partial charge in [-0.1, -0.05) is 31.2 Å². The molecule has 2 aromatic carbocycles. The molecular formula is C17H20N2O2. The lowest BCUT2D eigenvalue weighted by atomic mass is 10.1. The lowest BCUT2D eigenvalue weighted by Crippen LogP contribution is -2.31. The van der Waals surface area contributed by atoms with Gasteiger partial charge in [-0.25, -0.2) is 0 Å². The molecule has 2 aromatic rings. The number of amides is 1. The normalized spacial score (nSPS) is 10.2. The number of rotatable bonds is 5. The number of aryl methyl sites for hydroxylation is 1. The van der Waals surface area contributed by atoms with E-state index in [2.05, 4.69) is 6.92 Å². The molecule has 4 heteroatoms. The quantitative estimate of drug-likeness (QED) is 0.859. The van der Waals surface area contributed by atoms with Crippen LogP contribution in [0, 0.1) is 0 Å². The molecule has 0 aromatic heterocycles. The Kier molecular flexibility index (Phi) is 4.82. The smallest absolute Gasteiger partial charge is 0.264 e. The van der Waals surface area contributed by atoms with Crippen LogP contribution in [0.1, 0.15) is 12.5 Å². The van der Waals surface area contributed by atoms with Crippen molar-refractivity contribution in [3.05, 3.63) is 54.1 Å². The first-order valence-electron chi connectivity index (χ1n) is 6.94. The van der Waals surface area contributed by atoms with E-state index in [-0.39, 0.29) is 12.5 Å². The Morgan fingerprint density at radius 3 is 2.43 bits per heavy atom. The fraction of sp³-hybridized carbons (Fsp3) is 0.235. The molecule has 2 rings (SSSR count). The van der Waals surface area contributed by atoms with Crippen molar-refractivity contribution in [2.75, 3.05) is 24.3 Å². The van der Waals surface area contributed by atoms with Gasteiger partial charge in [-0.2, -0.15) is 0 Å². The first-order chi connectivity index (χ1) is 10.1. The van der Waals surface area contributed by atoms with Crippen LogP contribution in [-0.4, -0.2) is 19.6 Å². The average Bonchev–Trinajstić information content (AvgIpc) is 2.53.